The zero-order valence-corrected chi connectivity index (χ0v) is 18.0. The molecule has 0 aliphatic rings. The first-order valence-corrected chi connectivity index (χ1v) is 10.6. The van der Waals surface area contributed by atoms with Gasteiger partial charge in [0.15, 0.2) is 0 Å². The van der Waals surface area contributed by atoms with Crippen LogP contribution in [0.15, 0.2) is 83.4 Å². The molecule has 1 amide bonds. The maximum absolute atomic E-state index is 12.1. The van der Waals surface area contributed by atoms with E-state index < -0.39 is 0 Å². The molecule has 0 unspecified atom stereocenters. The number of aryl methyl sites for hydroxylation is 1. The van der Waals surface area contributed by atoms with Gasteiger partial charge >= 0.3 is 0 Å². The van der Waals surface area contributed by atoms with E-state index in [0.29, 0.717) is 31.1 Å². The molecule has 4 aromatic rings. The van der Waals surface area contributed by atoms with Crippen molar-refractivity contribution in [3.05, 3.63) is 90.3 Å². The van der Waals surface area contributed by atoms with Crippen LogP contribution >= 0.6 is 0 Å². The van der Waals surface area contributed by atoms with Crippen molar-refractivity contribution in [1.82, 2.24) is 15.5 Å². The number of amides is 1. The van der Waals surface area contributed by atoms with Crippen LogP contribution in [-0.2, 0) is 17.6 Å². The van der Waals surface area contributed by atoms with Crippen molar-refractivity contribution in [2.45, 2.75) is 19.3 Å². The second-order valence-corrected chi connectivity index (χ2v) is 7.40. The molecule has 0 atom stereocenters. The van der Waals surface area contributed by atoms with Crippen molar-refractivity contribution in [2.24, 2.45) is 0 Å². The van der Waals surface area contributed by atoms with Crippen LogP contribution in [0.4, 0.5) is 0 Å². The predicted molar refractivity (Wildman–Crippen MR) is 123 cm³/mol. The largest absolute Gasteiger partial charge is 0.497 e. The van der Waals surface area contributed by atoms with Gasteiger partial charge in [-0.15, -0.1) is 0 Å². The highest BCUT2D eigenvalue weighted by atomic mass is 16.5. The summed E-state index contributed by atoms with van der Waals surface area (Å²) in [4.78, 5) is 16.6. The molecule has 0 radical (unpaired) electrons. The van der Waals surface area contributed by atoms with Crippen molar-refractivity contribution < 1.29 is 14.1 Å². The number of hydrogen-bond donors (Lipinski definition) is 1. The van der Waals surface area contributed by atoms with E-state index in [9.17, 15) is 4.79 Å². The lowest BCUT2D eigenvalue weighted by molar-refractivity contribution is -0.121. The summed E-state index contributed by atoms with van der Waals surface area (Å²) in [6.07, 6.45) is 1.47. The van der Waals surface area contributed by atoms with Gasteiger partial charge in [-0.3, -0.25) is 4.79 Å². The Morgan fingerprint density at radius 1 is 0.875 bits per heavy atom. The van der Waals surface area contributed by atoms with Gasteiger partial charge in [0.2, 0.25) is 17.6 Å². The molecule has 0 aliphatic heterocycles. The maximum Gasteiger partial charge on any atom is 0.227 e. The first kappa shape index (κ1) is 21.3. The lowest BCUT2D eigenvalue weighted by Crippen LogP contribution is -2.25. The normalized spacial score (nSPS) is 10.7. The Morgan fingerprint density at radius 2 is 1.56 bits per heavy atom. The van der Waals surface area contributed by atoms with Crippen LogP contribution in [0.25, 0.3) is 22.5 Å². The van der Waals surface area contributed by atoms with Crippen molar-refractivity contribution in [3.63, 3.8) is 0 Å². The van der Waals surface area contributed by atoms with E-state index in [0.717, 1.165) is 34.4 Å². The van der Waals surface area contributed by atoms with Crippen LogP contribution in [0.1, 0.15) is 17.9 Å². The van der Waals surface area contributed by atoms with Gasteiger partial charge in [-0.2, -0.15) is 4.98 Å². The number of rotatable bonds is 9. The van der Waals surface area contributed by atoms with Gasteiger partial charge < -0.3 is 14.6 Å². The lowest BCUT2D eigenvalue weighted by Gasteiger charge is -2.05. The van der Waals surface area contributed by atoms with Gasteiger partial charge in [-0.1, -0.05) is 71.9 Å². The fraction of sp³-hybridized carbons (Fsp3) is 0.192. The van der Waals surface area contributed by atoms with Gasteiger partial charge in [-0.05, 0) is 35.2 Å². The second-order valence-electron chi connectivity index (χ2n) is 7.40. The molecule has 162 valence electrons. The Labute approximate surface area is 187 Å². The minimum atomic E-state index is -0.0366. The quantitative estimate of drug-likeness (QED) is 0.419. The van der Waals surface area contributed by atoms with Gasteiger partial charge in [-0.25, -0.2) is 0 Å². The number of nitrogens with one attached hydrogen (secondary N) is 1. The van der Waals surface area contributed by atoms with Crippen molar-refractivity contribution >= 4 is 5.91 Å². The summed E-state index contributed by atoms with van der Waals surface area (Å²) in [5, 5.41) is 6.98. The molecule has 1 aromatic heterocycles. The van der Waals surface area contributed by atoms with Crippen molar-refractivity contribution in [2.75, 3.05) is 13.7 Å². The number of carbonyl (C=O) groups excluding carboxylic acids is 1. The maximum atomic E-state index is 12.1. The third-order valence-electron chi connectivity index (χ3n) is 5.18. The SMILES string of the molecule is COc1ccc(CCNC(=O)CCc2nc(-c3ccc(-c4ccccc4)cc3)no2)cc1. The lowest BCUT2D eigenvalue weighted by atomic mass is 10.0. The number of benzene rings is 3. The van der Waals surface area contributed by atoms with Crippen LogP contribution < -0.4 is 10.1 Å². The molecular weight excluding hydrogens is 402 g/mol. The van der Waals surface area contributed by atoms with Crippen LogP contribution in [0.3, 0.4) is 0 Å². The van der Waals surface area contributed by atoms with E-state index in [2.05, 4.69) is 27.6 Å². The summed E-state index contributed by atoms with van der Waals surface area (Å²) in [5.41, 5.74) is 4.31. The number of nitrogens with zero attached hydrogens (tertiary/aromatic N) is 2. The van der Waals surface area contributed by atoms with Crippen molar-refractivity contribution in [3.8, 4) is 28.3 Å². The number of methoxy groups -OCH3 is 1. The van der Waals surface area contributed by atoms with E-state index >= 15 is 0 Å². The zero-order chi connectivity index (χ0) is 22.2. The first-order valence-electron chi connectivity index (χ1n) is 10.6. The summed E-state index contributed by atoms with van der Waals surface area (Å²) < 4.78 is 10.5. The molecule has 0 aliphatic carbocycles. The number of ether oxygens (including phenoxy) is 1. The first-order chi connectivity index (χ1) is 15.7. The van der Waals surface area contributed by atoms with Crippen LogP contribution in [0, 0.1) is 0 Å². The molecule has 0 fully saturated rings. The Bertz CT molecular complexity index is 1140. The smallest absolute Gasteiger partial charge is 0.227 e. The fourth-order valence-corrected chi connectivity index (χ4v) is 3.36. The van der Waals surface area contributed by atoms with E-state index in [1.54, 1.807) is 7.11 Å². The number of carbonyl (C=O) groups is 1. The Morgan fingerprint density at radius 3 is 2.28 bits per heavy atom. The highest BCUT2D eigenvalue weighted by Gasteiger charge is 2.11. The summed E-state index contributed by atoms with van der Waals surface area (Å²) >= 11 is 0. The summed E-state index contributed by atoms with van der Waals surface area (Å²) in [7, 11) is 1.64. The molecule has 0 bridgehead atoms. The summed E-state index contributed by atoms with van der Waals surface area (Å²) in [6.45, 7) is 0.577. The molecule has 3 aromatic carbocycles. The number of aromatic nitrogens is 2. The average Bonchev–Trinajstić information content (AvgIpc) is 3.33. The van der Waals surface area contributed by atoms with E-state index in [4.69, 9.17) is 9.26 Å². The van der Waals surface area contributed by atoms with Gasteiger partial charge in [0.25, 0.3) is 0 Å². The van der Waals surface area contributed by atoms with Crippen LogP contribution in [0.5, 0.6) is 5.75 Å². The van der Waals surface area contributed by atoms with Gasteiger partial charge in [0, 0.05) is 24.9 Å². The monoisotopic (exact) mass is 427 g/mol. The van der Waals surface area contributed by atoms with E-state index in [1.165, 1.54) is 0 Å². The predicted octanol–water partition coefficient (Wildman–Crippen LogP) is 4.70. The third-order valence-corrected chi connectivity index (χ3v) is 5.18. The molecule has 6 nitrogen and oxygen atoms in total. The van der Waals surface area contributed by atoms with Crippen LogP contribution in [-0.4, -0.2) is 29.7 Å². The highest BCUT2D eigenvalue weighted by molar-refractivity contribution is 5.76. The molecule has 0 saturated heterocycles. The zero-order valence-electron chi connectivity index (χ0n) is 18.0. The average molecular weight is 428 g/mol. The minimum Gasteiger partial charge on any atom is -0.497 e. The van der Waals surface area contributed by atoms with Crippen LogP contribution in [0.2, 0.25) is 0 Å². The van der Waals surface area contributed by atoms with Gasteiger partial charge in [0.1, 0.15) is 5.75 Å². The minimum absolute atomic E-state index is 0.0366. The molecular formula is C26H25N3O3. The molecule has 6 heteroatoms. The second kappa shape index (κ2) is 10.4. The Hall–Kier alpha value is -3.93. The summed E-state index contributed by atoms with van der Waals surface area (Å²) in [6, 6.07) is 26.0. The van der Waals surface area contributed by atoms with E-state index in [1.807, 2.05) is 66.7 Å². The Kier molecular flexibility index (Phi) is 6.92. The van der Waals surface area contributed by atoms with E-state index in [-0.39, 0.29) is 5.91 Å². The van der Waals surface area contributed by atoms with Crippen molar-refractivity contribution in [1.29, 1.82) is 0 Å². The standard InChI is InChI=1S/C26H25N3O3/c1-31-23-13-7-19(8-14-23)17-18-27-24(30)15-16-25-28-26(29-32-25)22-11-9-21(10-12-22)20-5-3-2-4-6-20/h2-14H,15-18H2,1H3,(H,27,30). The molecule has 1 heterocycles. The third kappa shape index (κ3) is 5.60. The van der Waals surface area contributed by atoms with Gasteiger partial charge in [0.05, 0.1) is 7.11 Å². The molecule has 1 N–H and O–H groups in total. The number of hydrogen-bond acceptors (Lipinski definition) is 5. The summed E-state index contributed by atoms with van der Waals surface area (Å²) in [5.74, 6) is 1.77. The topological polar surface area (TPSA) is 77.2 Å². The fourth-order valence-electron chi connectivity index (χ4n) is 3.36. The molecule has 0 spiro atoms. The Balaban J connectivity index is 1.24. The molecule has 32 heavy (non-hydrogen) atoms. The molecule has 0 saturated carbocycles. The highest BCUT2D eigenvalue weighted by Crippen LogP contribution is 2.23. The molecule has 4 rings (SSSR count).